The molecular weight excluding hydrogens is 1070 g/mol. The number of unbranched alkanes of at least 4 members (excludes halogenated alkanes) is 49. The van der Waals surface area contributed by atoms with Gasteiger partial charge in [0, 0.05) is 12.8 Å². The average Bonchev–Trinajstić information content (AvgIpc) is 3.50. The minimum Gasteiger partial charge on any atom is -0.756 e. The van der Waals surface area contributed by atoms with Gasteiger partial charge in [-0.15, -0.1) is 0 Å². The van der Waals surface area contributed by atoms with E-state index in [2.05, 4.69) is 50.4 Å². The van der Waals surface area contributed by atoms with Gasteiger partial charge in [-0.2, -0.15) is 0 Å². The van der Waals surface area contributed by atoms with Crippen molar-refractivity contribution in [1.82, 2.24) is 5.32 Å². The molecule has 3 unspecified atom stereocenters. The molecule has 0 aliphatic carbocycles. The molecule has 9 nitrogen and oxygen atoms in total. The molecule has 0 aliphatic heterocycles. The molecule has 0 aliphatic rings. The number of hydrogen-bond donors (Lipinski definition) is 1. The van der Waals surface area contributed by atoms with Gasteiger partial charge in [0.1, 0.15) is 19.3 Å². The summed E-state index contributed by atoms with van der Waals surface area (Å²) in [5, 5.41) is 3.05. The molecule has 85 heavy (non-hydrogen) atoms. The summed E-state index contributed by atoms with van der Waals surface area (Å²) < 4.78 is 30.5. The van der Waals surface area contributed by atoms with E-state index in [0.29, 0.717) is 17.4 Å². The Morgan fingerprint density at radius 1 is 0.400 bits per heavy atom. The Morgan fingerprint density at radius 2 is 0.682 bits per heavy atom. The van der Waals surface area contributed by atoms with Crippen LogP contribution in [0.3, 0.4) is 0 Å². The Bertz CT molecular complexity index is 1550. The van der Waals surface area contributed by atoms with E-state index in [1.165, 1.54) is 289 Å². The van der Waals surface area contributed by atoms with Crippen molar-refractivity contribution in [2.45, 2.75) is 392 Å². The minimum absolute atomic E-state index is 0.0198. The van der Waals surface area contributed by atoms with Gasteiger partial charge in [-0.3, -0.25) is 14.2 Å². The number of rotatable bonds is 69. The third-order valence-corrected chi connectivity index (χ3v) is 18.0. The van der Waals surface area contributed by atoms with Crippen LogP contribution in [0.25, 0.3) is 0 Å². The van der Waals surface area contributed by atoms with Crippen LogP contribution in [0.1, 0.15) is 380 Å². The first-order chi connectivity index (χ1) is 41.4. The second-order valence-corrected chi connectivity index (χ2v) is 28.2. The van der Waals surface area contributed by atoms with E-state index in [-0.39, 0.29) is 31.5 Å². The molecule has 3 atom stereocenters. The van der Waals surface area contributed by atoms with Gasteiger partial charge in [0.25, 0.3) is 7.82 Å². The van der Waals surface area contributed by atoms with Crippen molar-refractivity contribution in [2.24, 2.45) is 0 Å². The molecule has 0 bridgehead atoms. The highest BCUT2D eigenvalue weighted by molar-refractivity contribution is 7.45. The first-order valence-electron chi connectivity index (χ1n) is 37.3. The van der Waals surface area contributed by atoms with Crippen LogP contribution >= 0.6 is 7.82 Å². The van der Waals surface area contributed by atoms with Crippen molar-refractivity contribution in [1.29, 1.82) is 0 Å². The summed E-state index contributed by atoms with van der Waals surface area (Å²) in [5.41, 5.74) is 0. The van der Waals surface area contributed by atoms with E-state index >= 15 is 0 Å². The van der Waals surface area contributed by atoms with Crippen molar-refractivity contribution in [3.63, 3.8) is 0 Å². The fraction of sp³-hybridized carbons (Fsp3) is 0.893. The zero-order valence-electron chi connectivity index (χ0n) is 57.6. The second-order valence-electron chi connectivity index (χ2n) is 26.8. The Kier molecular flexibility index (Phi) is 63.8. The largest absolute Gasteiger partial charge is 0.756 e. The lowest BCUT2D eigenvalue weighted by Crippen LogP contribution is -2.47. The Balaban J connectivity index is 4.99. The van der Waals surface area contributed by atoms with Crippen molar-refractivity contribution in [3.05, 3.63) is 36.5 Å². The smallest absolute Gasteiger partial charge is 0.306 e. The third kappa shape index (κ3) is 66.5. The van der Waals surface area contributed by atoms with E-state index in [9.17, 15) is 19.0 Å². The number of phosphoric acid groups is 1. The molecule has 0 heterocycles. The summed E-state index contributed by atoms with van der Waals surface area (Å²) in [6.45, 7) is 6.90. The molecular formula is C75H145N2O7P. The lowest BCUT2D eigenvalue weighted by Gasteiger charge is -2.30. The summed E-state index contributed by atoms with van der Waals surface area (Å²) in [6, 6.07) is -0.887. The third-order valence-electron chi connectivity index (χ3n) is 17.0. The SMILES string of the molecule is CCCCCCCC/C=C/CCCCCCCCCCCCCCCCCCCC(=O)OC(/C=C\CCCCCCCCCCCCC)C(COP(=O)([O-])OCC[N+](C)(C)C)NC(=O)CCCCCCCCCCC/C=C/CCCCCCCC. The van der Waals surface area contributed by atoms with Gasteiger partial charge in [-0.05, 0) is 83.1 Å². The van der Waals surface area contributed by atoms with Gasteiger partial charge < -0.3 is 28.5 Å². The van der Waals surface area contributed by atoms with Gasteiger partial charge in [-0.1, -0.05) is 321 Å². The van der Waals surface area contributed by atoms with Gasteiger partial charge in [-0.25, -0.2) is 0 Å². The summed E-state index contributed by atoms with van der Waals surface area (Å²) in [5.74, 6) is -0.522. The number of amides is 1. The van der Waals surface area contributed by atoms with Crippen LogP contribution in [0, 0.1) is 0 Å². The number of carbonyl (C=O) groups is 2. The van der Waals surface area contributed by atoms with Crippen LogP contribution in [0.2, 0.25) is 0 Å². The van der Waals surface area contributed by atoms with Crippen LogP contribution in [-0.4, -0.2) is 69.4 Å². The zero-order chi connectivity index (χ0) is 62.1. The molecule has 1 amide bonds. The highest BCUT2D eigenvalue weighted by Crippen LogP contribution is 2.38. The predicted octanol–water partition coefficient (Wildman–Crippen LogP) is 23.2. The number of nitrogens with zero attached hydrogens (tertiary/aromatic N) is 1. The van der Waals surface area contributed by atoms with Crippen LogP contribution in [0.4, 0.5) is 0 Å². The number of ether oxygens (including phenoxy) is 1. The van der Waals surface area contributed by atoms with E-state index in [1.807, 2.05) is 33.3 Å². The van der Waals surface area contributed by atoms with E-state index in [1.54, 1.807) is 0 Å². The number of hydrogen-bond acceptors (Lipinski definition) is 7. The number of allylic oxidation sites excluding steroid dienone is 5. The number of nitrogens with one attached hydrogen (secondary N) is 1. The van der Waals surface area contributed by atoms with Crippen molar-refractivity contribution in [2.75, 3.05) is 40.9 Å². The summed E-state index contributed by atoms with van der Waals surface area (Å²) in [4.78, 5) is 40.2. The molecule has 0 radical (unpaired) electrons. The van der Waals surface area contributed by atoms with E-state index < -0.39 is 20.0 Å². The number of likely N-dealkylation sites (N-methyl/N-ethyl adjacent to an activating group) is 1. The molecule has 0 rings (SSSR count). The number of esters is 1. The summed E-state index contributed by atoms with van der Waals surface area (Å²) in [7, 11) is 1.20. The van der Waals surface area contributed by atoms with Gasteiger partial charge in [0.15, 0.2) is 0 Å². The Hall–Kier alpha value is -1.77. The molecule has 0 saturated carbocycles. The van der Waals surface area contributed by atoms with E-state index in [4.69, 9.17) is 13.8 Å². The summed E-state index contributed by atoms with van der Waals surface area (Å²) >= 11 is 0. The molecule has 10 heteroatoms. The average molecular weight is 1220 g/mol. The first-order valence-corrected chi connectivity index (χ1v) is 38.8. The highest BCUT2D eigenvalue weighted by atomic mass is 31.2. The van der Waals surface area contributed by atoms with Crippen molar-refractivity contribution < 1.29 is 37.3 Å². The van der Waals surface area contributed by atoms with Gasteiger partial charge in [0.05, 0.1) is 33.8 Å². The zero-order valence-corrected chi connectivity index (χ0v) is 58.5. The highest BCUT2D eigenvalue weighted by Gasteiger charge is 2.27. The van der Waals surface area contributed by atoms with Crippen LogP contribution in [-0.2, 0) is 27.9 Å². The molecule has 502 valence electrons. The van der Waals surface area contributed by atoms with Crippen molar-refractivity contribution in [3.8, 4) is 0 Å². The van der Waals surface area contributed by atoms with Gasteiger partial charge >= 0.3 is 5.97 Å². The lowest BCUT2D eigenvalue weighted by atomic mass is 10.0. The fourth-order valence-corrected chi connectivity index (χ4v) is 12.0. The number of quaternary nitrogens is 1. The first kappa shape index (κ1) is 83.2. The lowest BCUT2D eigenvalue weighted by molar-refractivity contribution is -0.870. The molecule has 0 spiro atoms. The maximum atomic E-state index is 13.6. The van der Waals surface area contributed by atoms with Crippen LogP contribution in [0.15, 0.2) is 36.5 Å². The number of carbonyl (C=O) groups excluding carboxylic acids is 2. The van der Waals surface area contributed by atoms with Gasteiger partial charge in [0.2, 0.25) is 5.91 Å². The minimum atomic E-state index is -4.70. The van der Waals surface area contributed by atoms with E-state index in [0.717, 1.165) is 57.8 Å². The Labute approximate surface area is 529 Å². The number of phosphoric ester groups is 1. The normalized spacial score (nSPS) is 13.6. The maximum Gasteiger partial charge on any atom is 0.306 e. The molecule has 0 aromatic rings. The predicted molar refractivity (Wildman–Crippen MR) is 367 cm³/mol. The second kappa shape index (κ2) is 65.2. The quantitative estimate of drug-likeness (QED) is 0.0212. The molecule has 0 fully saturated rings. The molecule has 0 aromatic carbocycles. The topological polar surface area (TPSA) is 114 Å². The molecule has 0 aromatic heterocycles. The monoisotopic (exact) mass is 1220 g/mol. The fourth-order valence-electron chi connectivity index (χ4n) is 11.3. The maximum absolute atomic E-state index is 13.6. The standard InChI is InChI=1S/C75H145N2O7P/c1-7-10-13-16-19-22-25-28-30-32-34-35-36-37-38-39-40-41-43-45-47-50-53-56-59-62-65-68-75(79)84-73(66-63-60-57-54-51-48-27-24-21-18-15-12-9-3)72(71-83-85(80,81)82-70-69-77(4,5)6)76-74(78)67-64-61-58-55-52-49-46-44-42-33-31-29-26-23-20-17-14-11-8-2/h28-31,63,66,72-73H,7-27,32-62,64-65,67-71H2,1-6H3,(H-,76,78,80,81)/b30-28+,31-29+,66-63-. The summed E-state index contributed by atoms with van der Waals surface area (Å²) in [6.07, 6.45) is 81.3. The molecule has 1 N–H and O–H groups in total. The molecule has 0 saturated heterocycles. The Morgan fingerprint density at radius 3 is 1.00 bits per heavy atom. The van der Waals surface area contributed by atoms with Crippen LogP contribution in [0.5, 0.6) is 0 Å². The van der Waals surface area contributed by atoms with Crippen LogP contribution < -0.4 is 10.2 Å². The van der Waals surface area contributed by atoms with Crippen molar-refractivity contribution >= 4 is 19.7 Å².